The van der Waals surface area contributed by atoms with Crippen molar-refractivity contribution in [1.29, 1.82) is 0 Å². The molecule has 1 saturated carbocycles. The zero-order valence-corrected chi connectivity index (χ0v) is 11.7. The molecule has 2 nitrogen and oxygen atoms in total. The second-order valence-corrected chi connectivity index (χ2v) is 5.89. The van der Waals surface area contributed by atoms with Gasteiger partial charge in [0, 0.05) is 18.3 Å². The lowest BCUT2D eigenvalue weighted by molar-refractivity contribution is 0.447. The second kappa shape index (κ2) is 6.24. The van der Waals surface area contributed by atoms with Gasteiger partial charge in [-0.15, -0.1) is 0 Å². The molecule has 1 aromatic rings. The van der Waals surface area contributed by atoms with Crippen molar-refractivity contribution in [2.24, 2.45) is 5.92 Å². The Morgan fingerprint density at radius 2 is 2.06 bits per heavy atom. The molecule has 0 aliphatic heterocycles. The molecule has 1 aliphatic carbocycles. The minimum absolute atomic E-state index is 0.676. The SMILES string of the molecule is Cc1ccc(N)c(CNC2CCCC(C)CC2)c1. The average Bonchev–Trinajstić information content (AvgIpc) is 2.55. The number of benzene rings is 1. The summed E-state index contributed by atoms with van der Waals surface area (Å²) in [5.74, 6) is 0.904. The molecule has 0 spiro atoms. The Morgan fingerprint density at radius 3 is 2.89 bits per heavy atom. The van der Waals surface area contributed by atoms with Gasteiger partial charge in [-0.1, -0.05) is 37.5 Å². The van der Waals surface area contributed by atoms with E-state index in [0.29, 0.717) is 6.04 Å². The van der Waals surface area contributed by atoms with Crippen LogP contribution < -0.4 is 11.1 Å². The fraction of sp³-hybridized carbons (Fsp3) is 0.625. The zero-order chi connectivity index (χ0) is 13.0. The van der Waals surface area contributed by atoms with Crippen LogP contribution in [0.15, 0.2) is 18.2 Å². The van der Waals surface area contributed by atoms with E-state index in [2.05, 4.69) is 31.3 Å². The van der Waals surface area contributed by atoms with E-state index in [0.717, 1.165) is 18.2 Å². The average molecular weight is 246 g/mol. The monoisotopic (exact) mass is 246 g/mol. The van der Waals surface area contributed by atoms with E-state index in [-0.39, 0.29) is 0 Å². The molecule has 0 radical (unpaired) electrons. The lowest BCUT2D eigenvalue weighted by Crippen LogP contribution is -2.28. The summed E-state index contributed by atoms with van der Waals surface area (Å²) in [7, 11) is 0. The molecule has 2 atom stereocenters. The predicted molar refractivity (Wildman–Crippen MR) is 78.5 cm³/mol. The molecule has 0 saturated heterocycles. The first kappa shape index (κ1) is 13.4. The van der Waals surface area contributed by atoms with Crippen LogP contribution in [0.3, 0.4) is 0 Å². The smallest absolute Gasteiger partial charge is 0.0359 e. The van der Waals surface area contributed by atoms with Crippen LogP contribution in [0.2, 0.25) is 0 Å². The number of rotatable bonds is 3. The minimum atomic E-state index is 0.676. The maximum atomic E-state index is 6.02. The molecular formula is C16H26N2. The number of nitrogens with one attached hydrogen (secondary N) is 1. The Hall–Kier alpha value is -1.02. The summed E-state index contributed by atoms with van der Waals surface area (Å²) in [4.78, 5) is 0. The van der Waals surface area contributed by atoms with Crippen LogP contribution in [-0.2, 0) is 6.54 Å². The van der Waals surface area contributed by atoms with Crippen molar-refractivity contribution in [3.8, 4) is 0 Å². The van der Waals surface area contributed by atoms with Crippen molar-refractivity contribution in [3.63, 3.8) is 0 Å². The molecule has 1 fully saturated rings. The summed E-state index contributed by atoms with van der Waals surface area (Å²) in [5, 5.41) is 3.69. The third kappa shape index (κ3) is 3.74. The lowest BCUT2D eigenvalue weighted by Gasteiger charge is -2.17. The number of nitrogen functional groups attached to an aromatic ring is 1. The lowest BCUT2D eigenvalue weighted by atomic mass is 10.0. The van der Waals surface area contributed by atoms with E-state index in [1.807, 2.05) is 6.07 Å². The normalized spacial score (nSPS) is 24.8. The van der Waals surface area contributed by atoms with Gasteiger partial charge >= 0.3 is 0 Å². The standard InChI is InChI=1S/C16H26N2/c1-12-4-3-5-15(8-6-12)18-11-14-10-13(2)7-9-16(14)17/h7,9-10,12,15,18H,3-6,8,11,17H2,1-2H3. The van der Waals surface area contributed by atoms with Gasteiger partial charge in [-0.05, 0) is 43.7 Å². The van der Waals surface area contributed by atoms with Crippen LogP contribution in [0.1, 0.15) is 50.2 Å². The number of nitrogens with two attached hydrogens (primary N) is 1. The van der Waals surface area contributed by atoms with Crippen LogP contribution >= 0.6 is 0 Å². The highest BCUT2D eigenvalue weighted by molar-refractivity contribution is 5.48. The Bertz CT molecular complexity index is 387. The summed E-state index contributed by atoms with van der Waals surface area (Å²) < 4.78 is 0. The Balaban J connectivity index is 1.88. The molecule has 2 unspecified atom stereocenters. The maximum absolute atomic E-state index is 6.02. The number of hydrogen-bond donors (Lipinski definition) is 2. The largest absolute Gasteiger partial charge is 0.398 e. The Morgan fingerprint density at radius 1 is 1.22 bits per heavy atom. The van der Waals surface area contributed by atoms with Gasteiger partial charge in [0.25, 0.3) is 0 Å². The molecule has 0 heterocycles. The van der Waals surface area contributed by atoms with E-state index < -0.39 is 0 Å². The fourth-order valence-corrected chi connectivity index (χ4v) is 2.83. The molecule has 2 rings (SSSR count). The molecule has 1 aliphatic rings. The summed E-state index contributed by atoms with van der Waals surface area (Å²) in [5.41, 5.74) is 9.46. The van der Waals surface area contributed by atoms with E-state index in [9.17, 15) is 0 Å². The number of anilines is 1. The molecule has 100 valence electrons. The van der Waals surface area contributed by atoms with Crippen LogP contribution in [0.4, 0.5) is 5.69 Å². The second-order valence-electron chi connectivity index (χ2n) is 5.89. The first-order valence-corrected chi connectivity index (χ1v) is 7.23. The van der Waals surface area contributed by atoms with Crippen LogP contribution in [0.5, 0.6) is 0 Å². The van der Waals surface area contributed by atoms with Gasteiger partial charge < -0.3 is 11.1 Å². The highest BCUT2D eigenvalue weighted by Crippen LogP contribution is 2.23. The minimum Gasteiger partial charge on any atom is -0.398 e. The highest BCUT2D eigenvalue weighted by Gasteiger charge is 2.15. The van der Waals surface area contributed by atoms with E-state index in [1.165, 1.54) is 43.2 Å². The van der Waals surface area contributed by atoms with Crippen molar-refractivity contribution in [3.05, 3.63) is 29.3 Å². The summed E-state index contributed by atoms with van der Waals surface area (Å²) >= 11 is 0. The predicted octanol–water partition coefficient (Wildman–Crippen LogP) is 3.64. The van der Waals surface area contributed by atoms with Crippen molar-refractivity contribution >= 4 is 5.69 Å². The summed E-state index contributed by atoms with van der Waals surface area (Å²) in [6.07, 6.45) is 6.75. The molecular weight excluding hydrogens is 220 g/mol. The van der Waals surface area contributed by atoms with E-state index in [4.69, 9.17) is 5.73 Å². The van der Waals surface area contributed by atoms with E-state index >= 15 is 0 Å². The van der Waals surface area contributed by atoms with Crippen molar-refractivity contribution < 1.29 is 0 Å². The first-order valence-electron chi connectivity index (χ1n) is 7.23. The maximum Gasteiger partial charge on any atom is 0.0359 e. The molecule has 3 N–H and O–H groups in total. The van der Waals surface area contributed by atoms with Gasteiger partial charge in [-0.3, -0.25) is 0 Å². The Kier molecular flexibility index (Phi) is 4.65. The van der Waals surface area contributed by atoms with Crippen LogP contribution in [0, 0.1) is 12.8 Å². The molecule has 0 bridgehead atoms. The van der Waals surface area contributed by atoms with Gasteiger partial charge in [-0.25, -0.2) is 0 Å². The quantitative estimate of drug-likeness (QED) is 0.631. The van der Waals surface area contributed by atoms with Crippen LogP contribution in [0.25, 0.3) is 0 Å². The number of aryl methyl sites for hydroxylation is 1. The van der Waals surface area contributed by atoms with Crippen molar-refractivity contribution in [2.75, 3.05) is 5.73 Å². The first-order chi connectivity index (χ1) is 8.65. The van der Waals surface area contributed by atoms with Crippen molar-refractivity contribution in [2.45, 2.75) is 58.5 Å². The van der Waals surface area contributed by atoms with E-state index in [1.54, 1.807) is 0 Å². The summed E-state index contributed by atoms with van der Waals surface area (Å²) in [6, 6.07) is 6.96. The van der Waals surface area contributed by atoms with Gasteiger partial charge in [-0.2, -0.15) is 0 Å². The molecule has 18 heavy (non-hydrogen) atoms. The third-order valence-electron chi connectivity index (χ3n) is 4.14. The third-order valence-corrected chi connectivity index (χ3v) is 4.14. The highest BCUT2D eigenvalue weighted by atomic mass is 14.9. The Labute approximate surface area is 111 Å². The molecule has 1 aromatic carbocycles. The topological polar surface area (TPSA) is 38.0 Å². The molecule has 2 heteroatoms. The van der Waals surface area contributed by atoms with Crippen LogP contribution in [-0.4, -0.2) is 6.04 Å². The van der Waals surface area contributed by atoms with Gasteiger partial charge in [0.2, 0.25) is 0 Å². The zero-order valence-electron chi connectivity index (χ0n) is 11.7. The van der Waals surface area contributed by atoms with Crippen molar-refractivity contribution in [1.82, 2.24) is 5.32 Å². The van der Waals surface area contributed by atoms with Gasteiger partial charge in [0.05, 0.1) is 0 Å². The molecule has 0 amide bonds. The van der Waals surface area contributed by atoms with Gasteiger partial charge in [0.1, 0.15) is 0 Å². The fourth-order valence-electron chi connectivity index (χ4n) is 2.83. The summed E-state index contributed by atoms with van der Waals surface area (Å²) in [6.45, 7) is 5.41. The number of hydrogen-bond acceptors (Lipinski definition) is 2. The van der Waals surface area contributed by atoms with Gasteiger partial charge in [0.15, 0.2) is 0 Å². The molecule has 0 aromatic heterocycles.